The Balaban J connectivity index is 2.38. The van der Waals surface area contributed by atoms with Gasteiger partial charge < -0.3 is 15.2 Å². The summed E-state index contributed by atoms with van der Waals surface area (Å²) in [6.45, 7) is 8.15. The van der Waals surface area contributed by atoms with Crippen molar-refractivity contribution in [1.82, 2.24) is 4.98 Å². The van der Waals surface area contributed by atoms with E-state index in [0.29, 0.717) is 18.1 Å². The van der Waals surface area contributed by atoms with E-state index in [9.17, 15) is 9.90 Å². The van der Waals surface area contributed by atoms with E-state index in [1.54, 1.807) is 6.07 Å². The minimum absolute atomic E-state index is 0.0593. The molecular formula is C13H19N3O3. The van der Waals surface area contributed by atoms with Gasteiger partial charge in [0.1, 0.15) is 6.10 Å². The van der Waals surface area contributed by atoms with Gasteiger partial charge in [0.05, 0.1) is 24.1 Å². The molecule has 0 aromatic carbocycles. The van der Waals surface area contributed by atoms with Crippen molar-refractivity contribution in [3.63, 3.8) is 0 Å². The number of rotatable bonds is 1. The Bertz CT molecular complexity index is 496. The molecule has 2 N–H and O–H groups in total. The van der Waals surface area contributed by atoms with E-state index < -0.39 is 11.6 Å². The third-order valence-corrected chi connectivity index (χ3v) is 2.85. The fourth-order valence-corrected chi connectivity index (χ4v) is 2.05. The average molecular weight is 265 g/mol. The van der Waals surface area contributed by atoms with E-state index in [2.05, 4.69) is 10.3 Å². The number of amides is 1. The van der Waals surface area contributed by atoms with Crippen LogP contribution in [0.5, 0.6) is 5.88 Å². The number of ether oxygens (including phenoxy) is 1. The number of nitrogens with zero attached hydrogens (tertiary/aromatic N) is 2. The molecule has 0 spiro atoms. The van der Waals surface area contributed by atoms with Crippen LogP contribution in [0.2, 0.25) is 0 Å². The zero-order valence-corrected chi connectivity index (χ0v) is 11.6. The molecule has 6 heteroatoms. The molecule has 0 unspecified atom stereocenters. The maximum absolute atomic E-state index is 11.4. The maximum atomic E-state index is 11.4. The molecule has 0 aliphatic carbocycles. The van der Waals surface area contributed by atoms with Crippen molar-refractivity contribution in [3.05, 3.63) is 12.3 Å². The Kier molecular flexibility index (Phi) is 3.26. The molecule has 0 bridgehead atoms. The highest BCUT2D eigenvalue weighted by Crippen LogP contribution is 2.32. The maximum Gasteiger partial charge on any atom is 0.412 e. The summed E-state index contributed by atoms with van der Waals surface area (Å²) in [6.07, 6.45) is 0.584. The molecule has 1 atom stereocenters. The summed E-state index contributed by atoms with van der Waals surface area (Å²) in [5.74, 6) is 0.516. The summed E-state index contributed by atoms with van der Waals surface area (Å²) >= 11 is 0. The summed E-state index contributed by atoms with van der Waals surface area (Å²) in [5, 5.41) is 12.5. The van der Waals surface area contributed by atoms with Crippen molar-refractivity contribution in [3.8, 4) is 5.88 Å². The minimum Gasteiger partial charge on any atom is -0.471 e. The van der Waals surface area contributed by atoms with E-state index in [0.717, 1.165) is 5.69 Å². The lowest BCUT2D eigenvalue weighted by Gasteiger charge is -2.33. The molecule has 0 saturated carbocycles. The second-order valence-corrected chi connectivity index (χ2v) is 5.64. The van der Waals surface area contributed by atoms with Gasteiger partial charge in [0.15, 0.2) is 0 Å². The SMILES string of the molecule is C[C@H]1CNc2cc(N(C(=O)O)C(C)(C)C)cnc2O1. The number of hydrogen-bond donors (Lipinski definition) is 2. The number of fused-ring (bicyclic) bond motifs is 1. The first-order valence-corrected chi connectivity index (χ1v) is 6.23. The number of hydrogen-bond acceptors (Lipinski definition) is 4. The van der Waals surface area contributed by atoms with E-state index >= 15 is 0 Å². The van der Waals surface area contributed by atoms with Crippen LogP contribution in [0.25, 0.3) is 0 Å². The normalized spacial score (nSPS) is 18.0. The van der Waals surface area contributed by atoms with Gasteiger partial charge in [0.2, 0.25) is 5.88 Å². The van der Waals surface area contributed by atoms with Crippen molar-refractivity contribution in [1.29, 1.82) is 0 Å². The minimum atomic E-state index is -1.00. The van der Waals surface area contributed by atoms with Gasteiger partial charge in [-0.2, -0.15) is 0 Å². The third kappa shape index (κ3) is 2.72. The summed E-state index contributed by atoms with van der Waals surface area (Å²) in [6, 6.07) is 1.76. The highest BCUT2D eigenvalue weighted by molar-refractivity contribution is 5.88. The van der Waals surface area contributed by atoms with E-state index in [4.69, 9.17) is 4.74 Å². The number of carbonyl (C=O) groups is 1. The molecule has 1 aliphatic rings. The fourth-order valence-electron chi connectivity index (χ4n) is 2.05. The van der Waals surface area contributed by atoms with Crippen molar-refractivity contribution in [2.45, 2.75) is 39.3 Å². The Hall–Kier alpha value is -1.98. The average Bonchev–Trinajstić information content (AvgIpc) is 2.27. The van der Waals surface area contributed by atoms with Gasteiger partial charge in [-0.1, -0.05) is 0 Å². The topological polar surface area (TPSA) is 74.7 Å². The lowest BCUT2D eigenvalue weighted by molar-refractivity contribution is 0.195. The van der Waals surface area contributed by atoms with E-state index in [1.807, 2.05) is 27.7 Å². The number of pyridine rings is 1. The largest absolute Gasteiger partial charge is 0.471 e. The molecule has 2 heterocycles. The molecule has 0 saturated heterocycles. The molecule has 19 heavy (non-hydrogen) atoms. The molecular weight excluding hydrogens is 246 g/mol. The van der Waals surface area contributed by atoms with Gasteiger partial charge in [-0.15, -0.1) is 0 Å². The van der Waals surface area contributed by atoms with Crippen molar-refractivity contribution in [2.24, 2.45) is 0 Å². The van der Waals surface area contributed by atoms with Crippen LogP contribution in [0.4, 0.5) is 16.2 Å². The van der Waals surface area contributed by atoms with Crippen LogP contribution in [0.3, 0.4) is 0 Å². The van der Waals surface area contributed by atoms with Gasteiger partial charge in [-0.3, -0.25) is 4.90 Å². The Morgan fingerprint density at radius 3 is 2.84 bits per heavy atom. The Morgan fingerprint density at radius 2 is 2.26 bits per heavy atom. The molecule has 6 nitrogen and oxygen atoms in total. The van der Waals surface area contributed by atoms with Crippen LogP contribution in [0.1, 0.15) is 27.7 Å². The lowest BCUT2D eigenvalue weighted by Crippen LogP contribution is -2.45. The third-order valence-electron chi connectivity index (χ3n) is 2.85. The summed E-state index contributed by atoms with van der Waals surface area (Å²) < 4.78 is 5.57. The molecule has 1 aromatic heterocycles. The smallest absolute Gasteiger partial charge is 0.412 e. The van der Waals surface area contributed by atoms with Crippen LogP contribution < -0.4 is 15.0 Å². The van der Waals surface area contributed by atoms with Gasteiger partial charge >= 0.3 is 6.09 Å². The quantitative estimate of drug-likeness (QED) is 0.816. The van der Waals surface area contributed by atoms with Crippen LogP contribution in [0, 0.1) is 0 Å². The molecule has 0 fully saturated rings. The molecule has 1 aromatic rings. The number of nitrogens with one attached hydrogen (secondary N) is 1. The lowest BCUT2D eigenvalue weighted by atomic mass is 10.1. The predicted octanol–water partition coefficient (Wildman–Crippen LogP) is 2.56. The Labute approximate surface area is 112 Å². The van der Waals surface area contributed by atoms with Crippen molar-refractivity contribution >= 4 is 17.5 Å². The zero-order valence-electron chi connectivity index (χ0n) is 11.6. The molecule has 0 radical (unpaired) electrons. The molecule has 1 amide bonds. The summed E-state index contributed by atoms with van der Waals surface area (Å²) in [5.41, 5.74) is 0.723. The van der Waals surface area contributed by atoms with Crippen LogP contribution in [-0.2, 0) is 0 Å². The number of anilines is 2. The number of carboxylic acid groups (broad SMARTS) is 1. The van der Waals surface area contributed by atoms with Crippen LogP contribution >= 0.6 is 0 Å². The molecule has 104 valence electrons. The number of aromatic nitrogens is 1. The molecule has 1 aliphatic heterocycles. The summed E-state index contributed by atoms with van der Waals surface area (Å²) in [7, 11) is 0. The van der Waals surface area contributed by atoms with Crippen LogP contribution in [0.15, 0.2) is 12.3 Å². The van der Waals surface area contributed by atoms with Gasteiger partial charge in [-0.05, 0) is 33.8 Å². The summed E-state index contributed by atoms with van der Waals surface area (Å²) in [4.78, 5) is 16.9. The van der Waals surface area contributed by atoms with Gasteiger partial charge in [-0.25, -0.2) is 9.78 Å². The monoisotopic (exact) mass is 265 g/mol. The highest BCUT2D eigenvalue weighted by Gasteiger charge is 2.29. The van der Waals surface area contributed by atoms with Crippen molar-refractivity contribution < 1.29 is 14.6 Å². The zero-order chi connectivity index (χ0) is 14.2. The fraction of sp³-hybridized carbons (Fsp3) is 0.538. The molecule has 2 rings (SSSR count). The Morgan fingerprint density at radius 1 is 1.58 bits per heavy atom. The van der Waals surface area contributed by atoms with Gasteiger partial charge in [0.25, 0.3) is 0 Å². The second-order valence-electron chi connectivity index (χ2n) is 5.64. The van der Waals surface area contributed by atoms with Crippen molar-refractivity contribution in [2.75, 3.05) is 16.8 Å². The standard InChI is InChI=1S/C13H19N3O3/c1-8-6-14-10-5-9(7-15-11(10)19-8)16(12(17)18)13(2,3)4/h5,7-8,14H,6H2,1-4H3,(H,17,18)/t8-/m0/s1. The first-order chi connectivity index (χ1) is 8.79. The second kappa shape index (κ2) is 4.60. The van der Waals surface area contributed by atoms with Crippen LogP contribution in [-0.4, -0.2) is 34.4 Å². The first kappa shape index (κ1) is 13.5. The van der Waals surface area contributed by atoms with E-state index in [-0.39, 0.29) is 6.10 Å². The predicted molar refractivity (Wildman–Crippen MR) is 73.1 cm³/mol. The highest BCUT2D eigenvalue weighted by atomic mass is 16.5. The first-order valence-electron chi connectivity index (χ1n) is 6.23. The van der Waals surface area contributed by atoms with E-state index in [1.165, 1.54) is 11.1 Å². The van der Waals surface area contributed by atoms with Gasteiger partial charge in [0, 0.05) is 5.54 Å².